The van der Waals surface area contributed by atoms with Gasteiger partial charge in [-0.05, 0) is 30.7 Å². The summed E-state index contributed by atoms with van der Waals surface area (Å²) in [6.45, 7) is 4.23. The van der Waals surface area contributed by atoms with E-state index in [1.54, 1.807) is 0 Å². The molecule has 7 nitrogen and oxygen atoms in total. The Hall–Kier alpha value is -3.22. The van der Waals surface area contributed by atoms with Crippen LogP contribution in [0.2, 0.25) is 0 Å². The van der Waals surface area contributed by atoms with E-state index in [9.17, 15) is 0 Å². The highest BCUT2D eigenvalue weighted by Crippen LogP contribution is 2.15. The number of aromatic amines is 1. The standard InChI is InChI=1S/C19H23N7/c1-2-20-19(22-11-9-17-8-3-4-10-21-17)23-13-15-6-5-7-16(12-15)18-24-14-25-26-18/h3-8,10,12,14H,2,9,11,13H2,1H3,(H2,20,22,23)(H,24,25,26). The molecule has 7 heteroatoms. The number of benzene rings is 1. The number of pyridine rings is 1. The zero-order valence-electron chi connectivity index (χ0n) is 14.8. The highest BCUT2D eigenvalue weighted by molar-refractivity contribution is 5.79. The maximum Gasteiger partial charge on any atom is 0.191 e. The Labute approximate surface area is 153 Å². The summed E-state index contributed by atoms with van der Waals surface area (Å²) in [5.41, 5.74) is 3.18. The van der Waals surface area contributed by atoms with Crippen LogP contribution in [0.15, 0.2) is 60.0 Å². The van der Waals surface area contributed by atoms with Gasteiger partial charge in [-0.1, -0.05) is 24.3 Å². The second-order valence-electron chi connectivity index (χ2n) is 5.73. The Morgan fingerprint density at radius 1 is 1.12 bits per heavy atom. The second-order valence-corrected chi connectivity index (χ2v) is 5.73. The Balaban J connectivity index is 1.59. The average molecular weight is 349 g/mol. The number of nitrogens with zero attached hydrogens (tertiary/aromatic N) is 4. The van der Waals surface area contributed by atoms with Crippen molar-refractivity contribution in [3.63, 3.8) is 0 Å². The van der Waals surface area contributed by atoms with Crippen LogP contribution >= 0.6 is 0 Å². The van der Waals surface area contributed by atoms with Crippen LogP contribution in [0.5, 0.6) is 0 Å². The molecule has 0 saturated carbocycles. The molecule has 0 amide bonds. The van der Waals surface area contributed by atoms with Crippen LogP contribution in [0, 0.1) is 0 Å². The first-order chi connectivity index (χ1) is 12.8. The van der Waals surface area contributed by atoms with Crippen molar-refractivity contribution in [1.29, 1.82) is 0 Å². The summed E-state index contributed by atoms with van der Waals surface area (Å²) >= 11 is 0. The van der Waals surface area contributed by atoms with Crippen molar-refractivity contribution in [3.05, 3.63) is 66.2 Å². The number of aromatic nitrogens is 4. The van der Waals surface area contributed by atoms with E-state index in [2.05, 4.69) is 54.8 Å². The minimum absolute atomic E-state index is 0.584. The van der Waals surface area contributed by atoms with Gasteiger partial charge in [0.15, 0.2) is 11.8 Å². The first-order valence-corrected chi connectivity index (χ1v) is 8.72. The molecule has 0 spiro atoms. The van der Waals surface area contributed by atoms with Gasteiger partial charge >= 0.3 is 0 Å². The third-order valence-corrected chi connectivity index (χ3v) is 3.78. The quantitative estimate of drug-likeness (QED) is 0.449. The molecule has 1 aromatic carbocycles. The van der Waals surface area contributed by atoms with Crippen molar-refractivity contribution in [2.24, 2.45) is 4.99 Å². The van der Waals surface area contributed by atoms with Gasteiger partial charge in [0.1, 0.15) is 6.33 Å². The Morgan fingerprint density at radius 2 is 2.08 bits per heavy atom. The highest BCUT2D eigenvalue weighted by atomic mass is 15.2. The highest BCUT2D eigenvalue weighted by Gasteiger charge is 2.03. The monoisotopic (exact) mass is 349 g/mol. The number of nitrogens with one attached hydrogen (secondary N) is 3. The molecule has 0 bridgehead atoms. The molecule has 26 heavy (non-hydrogen) atoms. The Morgan fingerprint density at radius 3 is 2.85 bits per heavy atom. The molecule has 0 fully saturated rings. The van der Waals surface area contributed by atoms with Gasteiger partial charge in [0.2, 0.25) is 0 Å². The third-order valence-electron chi connectivity index (χ3n) is 3.78. The molecule has 0 radical (unpaired) electrons. The number of rotatable bonds is 7. The molecule has 0 aliphatic heterocycles. The van der Waals surface area contributed by atoms with Gasteiger partial charge in [-0.3, -0.25) is 10.1 Å². The lowest BCUT2D eigenvalue weighted by Gasteiger charge is -2.11. The molecule has 2 heterocycles. The smallest absolute Gasteiger partial charge is 0.191 e. The van der Waals surface area contributed by atoms with E-state index in [4.69, 9.17) is 0 Å². The zero-order chi connectivity index (χ0) is 18.0. The molecule has 0 saturated heterocycles. The minimum atomic E-state index is 0.584. The van der Waals surface area contributed by atoms with Crippen molar-refractivity contribution >= 4 is 5.96 Å². The zero-order valence-corrected chi connectivity index (χ0v) is 14.8. The van der Waals surface area contributed by atoms with Crippen LogP contribution in [0.4, 0.5) is 0 Å². The topological polar surface area (TPSA) is 90.9 Å². The van der Waals surface area contributed by atoms with E-state index >= 15 is 0 Å². The summed E-state index contributed by atoms with van der Waals surface area (Å²) in [5, 5.41) is 13.4. The molecular weight excluding hydrogens is 326 g/mol. The van der Waals surface area contributed by atoms with Crippen molar-refractivity contribution < 1.29 is 0 Å². The van der Waals surface area contributed by atoms with Gasteiger partial charge in [0.05, 0.1) is 6.54 Å². The number of hydrogen-bond donors (Lipinski definition) is 3. The largest absolute Gasteiger partial charge is 0.357 e. The fraction of sp³-hybridized carbons (Fsp3) is 0.263. The molecule has 0 atom stereocenters. The van der Waals surface area contributed by atoms with Crippen LogP contribution in [0.3, 0.4) is 0 Å². The van der Waals surface area contributed by atoms with E-state index in [0.717, 1.165) is 48.1 Å². The first kappa shape index (κ1) is 17.6. The fourth-order valence-corrected chi connectivity index (χ4v) is 2.53. The lowest BCUT2D eigenvalue weighted by atomic mass is 10.1. The van der Waals surface area contributed by atoms with Gasteiger partial charge in [0, 0.05) is 37.0 Å². The number of guanidine groups is 1. The van der Waals surface area contributed by atoms with Crippen LogP contribution in [0.1, 0.15) is 18.2 Å². The summed E-state index contributed by atoms with van der Waals surface area (Å²) in [6.07, 6.45) is 4.18. The average Bonchev–Trinajstić information content (AvgIpc) is 3.22. The molecule has 3 aromatic rings. The predicted octanol–water partition coefficient (Wildman–Crippen LogP) is 2.16. The van der Waals surface area contributed by atoms with E-state index < -0.39 is 0 Å². The minimum Gasteiger partial charge on any atom is -0.357 e. The second kappa shape index (κ2) is 9.31. The lowest BCUT2D eigenvalue weighted by Crippen LogP contribution is -2.38. The normalized spacial score (nSPS) is 11.3. The number of aliphatic imine (C=N–C) groups is 1. The molecule has 3 rings (SSSR count). The van der Waals surface area contributed by atoms with E-state index in [-0.39, 0.29) is 0 Å². The molecule has 0 aliphatic carbocycles. The molecule has 0 aliphatic rings. The molecular formula is C19H23N7. The summed E-state index contributed by atoms with van der Waals surface area (Å²) in [5.74, 6) is 1.56. The van der Waals surface area contributed by atoms with Gasteiger partial charge in [-0.2, -0.15) is 5.10 Å². The number of hydrogen-bond acceptors (Lipinski definition) is 4. The fourth-order valence-electron chi connectivity index (χ4n) is 2.53. The van der Waals surface area contributed by atoms with Crippen molar-refractivity contribution in [3.8, 4) is 11.4 Å². The van der Waals surface area contributed by atoms with Crippen LogP contribution in [0.25, 0.3) is 11.4 Å². The summed E-state index contributed by atoms with van der Waals surface area (Å²) in [7, 11) is 0. The Bertz CT molecular complexity index is 813. The van der Waals surface area contributed by atoms with Crippen molar-refractivity contribution in [2.45, 2.75) is 19.9 Å². The van der Waals surface area contributed by atoms with Crippen LogP contribution in [-0.4, -0.2) is 39.2 Å². The van der Waals surface area contributed by atoms with E-state index in [1.807, 2.05) is 36.5 Å². The van der Waals surface area contributed by atoms with Gasteiger partial charge in [0.25, 0.3) is 0 Å². The Kier molecular flexibility index (Phi) is 6.30. The predicted molar refractivity (Wildman–Crippen MR) is 103 cm³/mol. The summed E-state index contributed by atoms with van der Waals surface area (Å²) in [6, 6.07) is 14.1. The first-order valence-electron chi connectivity index (χ1n) is 8.72. The van der Waals surface area contributed by atoms with Crippen molar-refractivity contribution in [2.75, 3.05) is 13.1 Å². The molecule has 2 aromatic heterocycles. The maximum atomic E-state index is 4.67. The third kappa shape index (κ3) is 5.14. The van der Waals surface area contributed by atoms with Gasteiger partial charge in [-0.15, -0.1) is 0 Å². The lowest BCUT2D eigenvalue weighted by molar-refractivity contribution is 0.788. The maximum absolute atomic E-state index is 4.67. The van der Waals surface area contributed by atoms with Gasteiger partial charge < -0.3 is 10.6 Å². The van der Waals surface area contributed by atoms with Crippen molar-refractivity contribution in [1.82, 2.24) is 30.8 Å². The molecule has 134 valence electrons. The van der Waals surface area contributed by atoms with E-state index in [1.165, 1.54) is 6.33 Å². The SMILES string of the molecule is CCNC(=NCc1cccc(-c2ncn[nH]2)c1)NCCc1ccccn1. The number of H-pyrrole nitrogens is 1. The molecule has 3 N–H and O–H groups in total. The summed E-state index contributed by atoms with van der Waals surface area (Å²) < 4.78 is 0. The summed E-state index contributed by atoms with van der Waals surface area (Å²) in [4.78, 5) is 13.2. The molecule has 0 unspecified atom stereocenters. The van der Waals surface area contributed by atoms with Crippen LogP contribution < -0.4 is 10.6 Å². The van der Waals surface area contributed by atoms with E-state index in [0.29, 0.717) is 6.54 Å². The van der Waals surface area contributed by atoms with Gasteiger partial charge in [-0.25, -0.2) is 9.98 Å². The van der Waals surface area contributed by atoms with Crippen LogP contribution in [-0.2, 0) is 13.0 Å².